The minimum Gasteiger partial charge on any atom is -0.381 e. The molecule has 0 radical (unpaired) electrons. The van der Waals surface area contributed by atoms with Gasteiger partial charge < -0.3 is 4.74 Å². The molecule has 1 saturated carbocycles. The molecule has 1 heteroatoms. The van der Waals surface area contributed by atoms with Crippen molar-refractivity contribution in [3.63, 3.8) is 0 Å². The Hall–Kier alpha value is -0.300. The molecule has 2 aliphatic rings. The Balaban J connectivity index is 2.13. The van der Waals surface area contributed by atoms with Gasteiger partial charge in [0.15, 0.2) is 0 Å². The maximum Gasteiger partial charge on any atom is 0.0529 e. The van der Waals surface area contributed by atoms with Crippen LogP contribution in [0.1, 0.15) is 32.6 Å². The number of ether oxygens (including phenoxy) is 1. The molecule has 0 N–H and O–H groups in total. The fourth-order valence-corrected chi connectivity index (χ4v) is 2.67. The van der Waals surface area contributed by atoms with Gasteiger partial charge in [0.1, 0.15) is 0 Å². The normalized spacial score (nSPS) is 42.4. The van der Waals surface area contributed by atoms with E-state index in [4.69, 9.17) is 4.74 Å². The second-order valence-corrected chi connectivity index (χ2v) is 4.56. The van der Waals surface area contributed by atoms with Crippen molar-refractivity contribution in [2.75, 3.05) is 13.2 Å². The van der Waals surface area contributed by atoms with E-state index >= 15 is 0 Å². The molecule has 0 aromatic rings. The molecule has 1 aliphatic heterocycles. The molecule has 1 nitrogen and oxygen atoms in total. The van der Waals surface area contributed by atoms with Gasteiger partial charge in [-0.3, -0.25) is 0 Å². The lowest BCUT2D eigenvalue weighted by Gasteiger charge is -2.36. The number of hydrogen-bond donors (Lipinski definition) is 0. The molecule has 12 heavy (non-hydrogen) atoms. The maximum absolute atomic E-state index is 5.56. The first-order valence-electron chi connectivity index (χ1n) is 4.97. The first kappa shape index (κ1) is 8.31. The Kier molecular flexibility index (Phi) is 1.99. The summed E-state index contributed by atoms with van der Waals surface area (Å²) in [6.45, 7) is 8.38. The molecule has 2 atom stereocenters. The molecule has 1 saturated heterocycles. The topological polar surface area (TPSA) is 9.23 Å². The molecule has 68 valence electrons. The predicted molar refractivity (Wildman–Crippen MR) is 50.0 cm³/mol. The van der Waals surface area contributed by atoms with Gasteiger partial charge in [0.05, 0.1) is 6.61 Å². The zero-order valence-corrected chi connectivity index (χ0v) is 7.94. The summed E-state index contributed by atoms with van der Waals surface area (Å²) in [5, 5.41) is 0. The van der Waals surface area contributed by atoms with Gasteiger partial charge in [0.25, 0.3) is 0 Å². The van der Waals surface area contributed by atoms with Crippen molar-refractivity contribution in [3.05, 3.63) is 12.2 Å². The van der Waals surface area contributed by atoms with Crippen molar-refractivity contribution in [3.8, 4) is 0 Å². The maximum atomic E-state index is 5.56. The van der Waals surface area contributed by atoms with E-state index in [9.17, 15) is 0 Å². The van der Waals surface area contributed by atoms with E-state index in [-0.39, 0.29) is 0 Å². The van der Waals surface area contributed by atoms with E-state index in [1.807, 2.05) is 0 Å². The molecule has 2 unspecified atom stereocenters. The van der Waals surface area contributed by atoms with E-state index in [2.05, 4.69) is 13.5 Å². The lowest BCUT2D eigenvalue weighted by Crippen LogP contribution is -2.31. The van der Waals surface area contributed by atoms with Gasteiger partial charge in [-0.15, -0.1) is 0 Å². The molecule has 1 aliphatic carbocycles. The van der Waals surface area contributed by atoms with Crippen LogP contribution in [-0.4, -0.2) is 13.2 Å². The van der Waals surface area contributed by atoms with Crippen LogP contribution in [0.5, 0.6) is 0 Å². The van der Waals surface area contributed by atoms with E-state index < -0.39 is 0 Å². The number of hydrogen-bond acceptors (Lipinski definition) is 1. The van der Waals surface area contributed by atoms with Crippen LogP contribution in [0.4, 0.5) is 0 Å². The standard InChI is InChI=1S/C11H18O/c1-9-4-3-5-11(6-9)8-12-7-10(11)2/h10H,1,3-8H2,2H3. The Labute approximate surface area is 74.8 Å². The van der Waals surface area contributed by atoms with Gasteiger partial charge in [-0.1, -0.05) is 19.1 Å². The predicted octanol–water partition coefficient (Wildman–Crippen LogP) is 2.77. The van der Waals surface area contributed by atoms with E-state index in [1.165, 1.54) is 31.3 Å². The van der Waals surface area contributed by atoms with Crippen LogP contribution in [0.25, 0.3) is 0 Å². The second-order valence-electron chi connectivity index (χ2n) is 4.56. The largest absolute Gasteiger partial charge is 0.381 e. The molecular weight excluding hydrogens is 148 g/mol. The van der Waals surface area contributed by atoms with Crippen molar-refractivity contribution in [2.45, 2.75) is 32.6 Å². The zero-order chi connectivity index (χ0) is 8.60. The first-order chi connectivity index (χ1) is 5.73. The second kappa shape index (κ2) is 2.88. The Morgan fingerprint density at radius 2 is 2.42 bits per heavy atom. The van der Waals surface area contributed by atoms with E-state index in [0.29, 0.717) is 5.41 Å². The minimum atomic E-state index is 0.481. The molecule has 0 aromatic carbocycles. The summed E-state index contributed by atoms with van der Waals surface area (Å²) in [6.07, 6.45) is 5.14. The molecule has 2 rings (SSSR count). The lowest BCUT2D eigenvalue weighted by molar-refractivity contribution is 0.131. The van der Waals surface area contributed by atoms with Crippen molar-refractivity contribution < 1.29 is 4.74 Å². The van der Waals surface area contributed by atoms with Crippen LogP contribution in [0.2, 0.25) is 0 Å². The van der Waals surface area contributed by atoms with Gasteiger partial charge in [-0.25, -0.2) is 0 Å². The van der Waals surface area contributed by atoms with E-state index in [0.717, 1.165) is 19.1 Å². The highest BCUT2D eigenvalue weighted by Crippen LogP contribution is 2.47. The summed E-state index contributed by atoms with van der Waals surface area (Å²) in [4.78, 5) is 0. The summed E-state index contributed by atoms with van der Waals surface area (Å²) >= 11 is 0. The van der Waals surface area contributed by atoms with Crippen LogP contribution in [0, 0.1) is 11.3 Å². The van der Waals surface area contributed by atoms with Crippen LogP contribution in [-0.2, 0) is 4.74 Å². The fraction of sp³-hybridized carbons (Fsp3) is 0.818. The van der Waals surface area contributed by atoms with Crippen molar-refractivity contribution in [2.24, 2.45) is 11.3 Å². The summed E-state index contributed by atoms with van der Waals surface area (Å²) < 4.78 is 5.56. The summed E-state index contributed by atoms with van der Waals surface area (Å²) in [5.41, 5.74) is 1.92. The van der Waals surface area contributed by atoms with E-state index in [1.54, 1.807) is 0 Å². The van der Waals surface area contributed by atoms with Crippen molar-refractivity contribution in [1.82, 2.24) is 0 Å². The van der Waals surface area contributed by atoms with Crippen molar-refractivity contribution >= 4 is 0 Å². The molecule has 1 heterocycles. The van der Waals surface area contributed by atoms with Crippen LogP contribution in [0.15, 0.2) is 12.2 Å². The molecule has 0 amide bonds. The average Bonchev–Trinajstić information content (AvgIpc) is 2.33. The minimum absolute atomic E-state index is 0.481. The Morgan fingerprint density at radius 3 is 3.00 bits per heavy atom. The first-order valence-corrected chi connectivity index (χ1v) is 4.97. The van der Waals surface area contributed by atoms with Gasteiger partial charge in [-0.2, -0.15) is 0 Å². The number of rotatable bonds is 0. The third kappa shape index (κ3) is 1.20. The highest BCUT2D eigenvalue weighted by atomic mass is 16.5. The van der Waals surface area contributed by atoms with Crippen LogP contribution >= 0.6 is 0 Å². The average molecular weight is 166 g/mol. The van der Waals surface area contributed by atoms with Gasteiger partial charge in [0, 0.05) is 12.0 Å². The Morgan fingerprint density at radius 1 is 1.58 bits per heavy atom. The highest BCUT2D eigenvalue weighted by Gasteiger charge is 2.42. The highest BCUT2D eigenvalue weighted by molar-refractivity contribution is 5.07. The molecule has 0 aromatic heterocycles. The number of allylic oxidation sites excluding steroid dienone is 1. The third-order valence-electron chi connectivity index (χ3n) is 3.61. The van der Waals surface area contributed by atoms with Gasteiger partial charge >= 0.3 is 0 Å². The summed E-state index contributed by atoms with van der Waals surface area (Å²) in [5.74, 6) is 0.745. The third-order valence-corrected chi connectivity index (χ3v) is 3.61. The molecule has 2 fully saturated rings. The summed E-state index contributed by atoms with van der Waals surface area (Å²) in [7, 11) is 0. The molecule has 0 bridgehead atoms. The monoisotopic (exact) mass is 166 g/mol. The zero-order valence-electron chi connectivity index (χ0n) is 7.94. The van der Waals surface area contributed by atoms with Crippen LogP contribution in [0.3, 0.4) is 0 Å². The molecule has 1 spiro atoms. The van der Waals surface area contributed by atoms with Gasteiger partial charge in [0.2, 0.25) is 0 Å². The Bertz CT molecular complexity index is 197. The summed E-state index contributed by atoms with van der Waals surface area (Å²) in [6, 6.07) is 0. The van der Waals surface area contributed by atoms with Crippen molar-refractivity contribution in [1.29, 1.82) is 0 Å². The fourth-order valence-electron chi connectivity index (χ4n) is 2.67. The smallest absolute Gasteiger partial charge is 0.0529 e. The quantitative estimate of drug-likeness (QED) is 0.503. The lowest BCUT2D eigenvalue weighted by atomic mass is 9.67. The van der Waals surface area contributed by atoms with Crippen LogP contribution < -0.4 is 0 Å². The SMILES string of the molecule is C=C1CCCC2(COCC2C)C1. The molecular formula is C11H18O. The van der Waals surface area contributed by atoms with Gasteiger partial charge in [-0.05, 0) is 31.6 Å².